The predicted octanol–water partition coefficient (Wildman–Crippen LogP) is 3.44. The summed E-state index contributed by atoms with van der Waals surface area (Å²) in [6.45, 7) is 1.46. The highest BCUT2D eigenvalue weighted by atomic mass is 19.4. The number of aryl methyl sites for hydroxylation is 1. The first-order valence-electron chi connectivity index (χ1n) is 7.95. The molecule has 0 saturated heterocycles. The summed E-state index contributed by atoms with van der Waals surface area (Å²) in [5, 5.41) is 8.02. The molecule has 0 atom stereocenters. The van der Waals surface area contributed by atoms with Crippen molar-refractivity contribution in [2.75, 3.05) is 7.05 Å². The Labute approximate surface area is 148 Å². The third-order valence-electron chi connectivity index (χ3n) is 3.73. The molecule has 138 valence electrons. The topological polar surface area (TPSA) is 60.0 Å². The molecule has 0 radical (unpaired) electrons. The van der Waals surface area contributed by atoms with Crippen molar-refractivity contribution in [3.05, 3.63) is 53.9 Å². The van der Waals surface area contributed by atoms with E-state index >= 15 is 0 Å². The van der Waals surface area contributed by atoms with Gasteiger partial charge in [0, 0.05) is 18.0 Å². The molecular weight excluding hydrogens is 347 g/mol. The van der Waals surface area contributed by atoms with Gasteiger partial charge in [-0.3, -0.25) is 4.90 Å². The zero-order valence-electron chi connectivity index (χ0n) is 14.4. The molecule has 1 aromatic carbocycles. The van der Waals surface area contributed by atoms with Crippen LogP contribution in [0.15, 0.2) is 41.1 Å². The zero-order valence-corrected chi connectivity index (χ0v) is 14.4. The Bertz CT molecular complexity index is 854. The van der Waals surface area contributed by atoms with Crippen LogP contribution in [0.5, 0.6) is 0 Å². The Kier molecular flexibility index (Phi) is 5.08. The summed E-state index contributed by atoms with van der Waals surface area (Å²) < 4.78 is 44.5. The fourth-order valence-corrected chi connectivity index (χ4v) is 2.49. The molecule has 2 aromatic heterocycles. The molecule has 0 N–H and O–H groups in total. The van der Waals surface area contributed by atoms with Crippen molar-refractivity contribution >= 4 is 0 Å². The van der Waals surface area contributed by atoms with Crippen LogP contribution in [-0.4, -0.2) is 37.9 Å². The summed E-state index contributed by atoms with van der Waals surface area (Å²) in [5.74, 6) is 1.12. The summed E-state index contributed by atoms with van der Waals surface area (Å²) in [4.78, 5) is 5.76. The van der Waals surface area contributed by atoms with Gasteiger partial charge >= 0.3 is 6.18 Å². The summed E-state index contributed by atoms with van der Waals surface area (Å²) in [5.41, 5.74) is 1.94. The van der Waals surface area contributed by atoms with E-state index in [9.17, 15) is 13.2 Å². The van der Waals surface area contributed by atoms with E-state index in [0.29, 0.717) is 24.2 Å². The monoisotopic (exact) mass is 365 g/mol. The Morgan fingerprint density at radius 3 is 2.54 bits per heavy atom. The molecule has 3 rings (SSSR count). The van der Waals surface area contributed by atoms with E-state index < -0.39 is 12.7 Å². The van der Waals surface area contributed by atoms with E-state index in [1.54, 1.807) is 11.9 Å². The van der Waals surface area contributed by atoms with Gasteiger partial charge in [-0.15, -0.1) is 10.2 Å². The summed E-state index contributed by atoms with van der Waals surface area (Å²) in [6.07, 6.45) is -1.61. The summed E-state index contributed by atoms with van der Waals surface area (Å²) >= 11 is 0. The quantitative estimate of drug-likeness (QED) is 0.670. The number of halogens is 3. The summed E-state index contributed by atoms with van der Waals surface area (Å²) in [6, 6.07) is 7.69. The van der Waals surface area contributed by atoms with Gasteiger partial charge in [0.15, 0.2) is 0 Å². The number of imidazole rings is 1. The molecule has 0 saturated carbocycles. The second-order valence-corrected chi connectivity index (χ2v) is 6.13. The minimum absolute atomic E-state index is 0.228. The lowest BCUT2D eigenvalue weighted by molar-refractivity contribution is -0.141. The number of aromatic nitrogens is 4. The maximum Gasteiger partial charge on any atom is 0.406 e. The normalized spacial score (nSPS) is 12.1. The van der Waals surface area contributed by atoms with Crippen molar-refractivity contribution in [2.24, 2.45) is 0 Å². The fourth-order valence-electron chi connectivity index (χ4n) is 2.49. The first-order valence-corrected chi connectivity index (χ1v) is 7.95. The van der Waals surface area contributed by atoms with Gasteiger partial charge in [0.1, 0.15) is 12.4 Å². The van der Waals surface area contributed by atoms with Gasteiger partial charge in [0.2, 0.25) is 11.8 Å². The van der Waals surface area contributed by atoms with Crippen molar-refractivity contribution in [1.82, 2.24) is 24.6 Å². The number of nitrogens with zero attached hydrogens (tertiary/aromatic N) is 5. The molecule has 26 heavy (non-hydrogen) atoms. The lowest BCUT2D eigenvalue weighted by Gasteiger charge is -2.16. The molecule has 6 nitrogen and oxygen atoms in total. The van der Waals surface area contributed by atoms with E-state index in [1.165, 1.54) is 12.4 Å². The van der Waals surface area contributed by atoms with E-state index in [0.717, 1.165) is 15.7 Å². The number of hydrogen-bond acceptors (Lipinski definition) is 5. The predicted molar refractivity (Wildman–Crippen MR) is 87.9 cm³/mol. The van der Waals surface area contributed by atoms with Gasteiger partial charge in [-0.2, -0.15) is 13.2 Å². The maximum atomic E-state index is 12.6. The number of rotatable bonds is 6. The third-order valence-corrected chi connectivity index (χ3v) is 3.73. The summed E-state index contributed by atoms with van der Waals surface area (Å²) in [7, 11) is 1.75. The number of alkyl halides is 3. The van der Waals surface area contributed by atoms with Crippen LogP contribution in [0.4, 0.5) is 13.2 Å². The Morgan fingerprint density at radius 1 is 1.12 bits per heavy atom. The van der Waals surface area contributed by atoms with Gasteiger partial charge in [-0.05, 0) is 26.1 Å². The molecule has 0 bridgehead atoms. The highest BCUT2D eigenvalue weighted by Crippen LogP contribution is 2.20. The molecule has 0 aliphatic heterocycles. The molecule has 0 fully saturated rings. The first kappa shape index (κ1) is 18.1. The largest absolute Gasteiger partial charge is 0.419 e. The van der Waals surface area contributed by atoms with Crippen molar-refractivity contribution in [3.63, 3.8) is 0 Å². The minimum Gasteiger partial charge on any atom is -0.419 e. The van der Waals surface area contributed by atoms with Crippen LogP contribution < -0.4 is 0 Å². The van der Waals surface area contributed by atoms with Crippen molar-refractivity contribution < 1.29 is 17.6 Å². The maximum absolute atomic E-state index is 12.6. The van der Waals surface area contributed by atoms with Crippen LogP contribution in [-0.2, 0) is 19.6 Å². The van der Waals surface area contributed by atoms with Crippen LogP contribution in [0, 0.1) is 6.92 Å². The van der Waals surface area contributed by atoms with Gasteiger partial charge in [-0.25, -0.2) is 4.98 Å². The van der Waals surface area contributed by atoms with Crippen molar-refractivity contribution in [1.29, 1.82) is 0 Å². The van der Waals surface area contributed by atoms with E-state index in [4.69, 9.17) is 4.42 Å². The smallest absolute Gasteiger partial charge is 0.406 e. The van der Waals surface area contributed by atoms with Crippen molar-refractivity contribution in [3.8, 4) is 11.5 Å². The SMILES string of the molecule is Cc1ccc(-c2nnc(CN(C)Cc3nccn3CC(F)(F)F)o2)cc1. The van der Waals surface area contributed by atoms with Crippen LogP contribution in [0.2, 0.25) is 0 Å². The molecule has 9 heteroatoms. The average Bonchev–Trinajstić information content (AvgIpc) is 3.17. The lowest BCUT2D eigenvalue weighted by atomic mass is 10.1. The molecule has 2 heterocycles. The second kappa shape index (κ2) is 7.28. The highest BCUT2D eigenvalue weighted by molar-refractivity contribution is 5.52. The van der Waals surface area contributed by atoms with E-state index in [1.807, 2.05) is 31.2 Å². The lowest BCUT2D eigenvalue weighted by Crippen LogP contribution is -2.24. The molecule has 0 aliphatic carbocycles. The molecule has 0 aliphatic rings. The van der Waals surface area contributed by atoms with Gasteiger partial charge in [-0.1, -0.05) is 17.7 Å². The first-order chi connectivity index (χ1) is 12.3. The molecule has 0 unspecified atom stereocenters. The van der Waals surface area contributed by atoms with Crippen LogP contribution in [0.3, 0.4) is 0 Å². The van der Waals surface area contributed by atoms with Crippen LogP contribution in [0.1, 0.15) is 17.3 Å². The molecular formula is C17H18F3N5O. The highest BCUT2D eigenvalue weighted by Gasteiger charge is 2.29. The van der Waals surface area contributed by atoms with Gasteiger partial charge < -0.3 is 8.98 Å². The van der Waals surface area contributed by atoms with Gasteiger partial charge in [0.25, 0.3) is 0 Å². The van der Waals surface area contributed by atoms with E-state index in [-0.39, 0.29) is 6.54 Å². The second-order valence-electron chi connectivity index (χ2n) is 6.13. The number of benzene rings is 1. The fraction of sp³-hybridized carbons (Fsp3) is 0.353. The standard InChI is InChI=1S/C17H18F3N5O/c1-12-3-5-13(6-4-12)16-23-22-15(26-16)10-24(2)9-14-21-7-8-25(14)11-17(18,19)20/h3-8H,9-11H2,1-2H3. The Hall–Kier alpha value is -2.68. The zero-order chi connectivity index (χ0) is 18.7. The Morgan fingerprint density at radius 2 is 1.85 bits per heavy atom. The third kappa shape index (κ3) is 4.69. The molecule has 3 aromatic rings. The Balaban J connectivity index is 1.63. The molecule has 0 amide bonds. The van der Waals surface area contributed by atoms with E-state index in [2.05, 4.69) is 15.2 Å². The van der Waals surface area contributed by atoms with Crippen LogP contribution in [0.25, 0.3) is 11.5 Å². The number of hydrogen-bond donors (Lipinski definition) is 0. The average molecular weight is 365 g/mol. The van der Waals surface area contributed by atoms with Crippen molar-refractivity contribution in [2.45, 2.75) is 32.7 Å². The van der Waals surface area contributed by atoms with Gasteiger partial charge in [0.05, 0.1) is 13.1 Å². The van der Waals surface area contributed by atoms with Crippen LogP contribution >= 0.6 is 0 Å². The minimum atomic E-state index is -4.29. The molecule has 0 spiro atoms.